The van der Waals surface area contributed by atoms with E-state index >= 15 is 0 Å². The lowest BCUT2D eigenvalue weighted by Gasteiger charge is -2.08. The third-order valence-corrected chi connectivity index (χ3v) is 4.28. The molecule has 26 heavy (non-hydrogen) atoms. The summed E-state index contributed by atoms with van der Waals surface area (Å²) in [5.41, 5.74) is 2.35. The summed E-state index contributed by atoms with van der Waals surface area (Å²) in [7, 11) is 0. The molecule has 5 heteroatoms. The van der Waals surface area contributed by atoms with Crippen LogP contribution < -0.4 is 0 Å². The van der Waals surface area contributed by atoms with Gasteiger partial charge in [-0.1, -0.05) is 76.6 Å². The van der Waals surface area contributed by atoms with Gasteiger partial charge in [0.25, 0.3) is 0 Å². The number of benzene rings is 3. The summed E-state index contributed by atoms with van der Waals surface area (Å²) >= 11 is 3.33. The smallest absolute Gasteiger partial charge is 0.164 e. The van der Waals surface area contributed by atoms with E-state index in [1.807, 2.05) is 60.7 Å². The molecule has 0 amide bonds. The van der Waals surface area contributed by atoms with Crippen LogP contribution >= 0.6 is 15.9 Å². The highest BCUT2D eigenvalue weighted by atomic mass is 79.9. The first kappa shape index (κ1) is 16.5. The molecule has 0 saturated carbocycles. The second-order valence-electron chi connectivity index (χ2n) is 5.70. The topological polar surface area (TPSA) is 38.7 Å². The number of nitrogens with zero attached hydrogens (tertiary/aromatic N) is 3. The first-order valence-electron chi connectivity index (χ1n) is 8.02. The molecule has 1 aromatic heterocycles. The number of hydrogen-bond acceptors (Lipinski definition) is 3. The first-order valence-corrected chi connectivity index (χ1v) is 8.82. The van der Waals surface area contributed by atoms with E-state index in [4.69, 9.17) is 0 Å². The molecule has 0 bridgehead atoms. The van der Waals surface area contributed by atoms with Gasteiger partial charge in [-0.25, -0.2) is 19.3 Å². The quantitative estimate of drug-likeness (QED) is 0.433. The molecule has 0 spiro atoms. The second kappa shape index (κ2) is 7.14. The highest BCUT2D eigenvalue weighted by molar-refractivity contribution is 9.10. The fourth-order valence-corrected chi connectivity index (χ4v) is 3.09. The Labute approximate surface area is 158 Å². The Kier molecular flexibility index (Phi) is 4.54. The first-order chi connectivity index (χ1) is 12.7. The van der Waals surface area contributed by atoms with Gasteiger partial charge in [0.15, 0.2) is 17.5 Å². The van der Waals surface area contributed by atoms with Crippen LogP contribution in [0.5, 0.6) is 0 Å². The van der Waals surface area contributed by atoms with E-state index in [-0.39, 0.29) is 5.82 Å². The molecule has 0 aliphatic carbocycles. The predicted molar refractivity (Wildman–Crippen MR) is 104 cm³/mol. The highest BCUT2D eigenvalue weighted by Crippen LogP contribution is 2.26. The zero-order valence-corrected chi connectivity index (χ0v) is 15.2. The summed E-state index contributed by atoms with van der Waals surface area (Å²) in [5.74, 6) is 1.18. The Bertz CT molecular complexity index is 975. The van der Waals surface area contributed by atoms with Crippen LogP contribution in [0.2, 0.25) is 0 Å². The normalized spacial score (nSPS) is 10.7. The van der Waals surface area contributed by atoms with E-state index in [2.05, 4.69) is 30.9 Å². The summed E-state index contributed by atoms with van der Waals surface area (Å²) in [6.07, 6.45) is 0. The van der Waals surface area contributed by atoms with Gasteiger partial charge in [0, 0.05) is 21.2 Å². The Morgan fingerprint density at radius 1 is 0.577 bits per heavy atom. The van der Waals surface area contributed by atoms with Crippen molar-refractivity contribution in [1.29, 1.82) is 0 Å². The van der Waals surface area contributed by atoms with Crippen molar-refractivity contribution in [3.63, 3.8) is 0 Å². The molecule has 0 N–H and O–H groups in total. The molecule has 126 valence electrons. The van der Waals surface area contributed by atoms with Crippen molar-refractivity contribution >= 4 is 15.9 Å². The maximum absolute atomic E-state index is 13.9. The SMILES string of the molecule is Fc1cc(Br)cc(-c2nc(-c3ccccc3)nc(-c3ccccc3)n2)c1. The summed E-state index contributed by atoms with van der Waals surface area (Å²) < 4.78 is 14.5. The highest BCUT2D eigenvalue weighted by Gasteiger charge is 2.13. The molecule has 0 unspecified atom stereocenters. The van der Waals surface area contributed by atoms with Crippen molar-refractivity contribution < 1.29 is 4.39 Å². The van der Waals surface area contributed by atoms with Crippen LogP contribution in [0, 0.1) is 5.82 Å². The third kappa shape index (κ3) is 3.53. The van der Waals surface area contributed by atoms with Crippen LogP contribution in [0.4, 0.5) is 4.39 Å². The molecule has 3 aromatic carbocycles. The molecular formula is C21H13BrFN3. The van der Waals surface area contributed by atoms with Gasteiger partial charge >= 0.3 is 0 Å². The molecule has 0 aliphatic heterocycles. The second-order valence-corrected chi connectivity index (χ2v) is 6.61. The Balaban J connectivity index is 1.93. The van der Waals surface area contributed by atoms with Gasteiger partial charge in [0.2, 0.25) is 0 Å². The Morgan fingerprint density at radius 2 is 1.04 bits per heavy atom. The Morgan fingerprint density at radius 3 is 1.50 bits per heavy atom. The van der Waals surface area contributed by atoms with Crippen molar-refractivity contribution in [2.24, 2.45) is 0 Å². The van der Waals surface area contributed by atoms with E-state index in [0.717, 1.165) is 11.1 Å². The minimum Gasteiger partial charge on any atom is -0.208 e. The van der Waals surface area contributed by atoms with E-state index < -0.39 is 0 Å². The molecule has 1 heterocycles. The lowest BCUT2D eigenvalue weighted by Crippen LogP contribution is -2.00. The molecule has 3 nitrogen and oxygen atoms in total. The maximum Gasteiger partial charge on any atom is 0.164 e. The summed E-state index contributed by atoms with van der Waals surface area (Å²) in [5, 5.41) is 0. The van der Waals surface area contributed by atoms with E-state index in [0.29, 0.717) is 27.5 Å². The van der Waals surface area contributed by atoms with Gasteiger partial charge in [0.1, 0.15) is 5.82 Å². The van der Waals surface area contributed by atoms with E-state index in [1.165, 1.54) is 12.1 Å². The van der Waals surface area contributed by atoms with Crippen LogP contribution in [0.25, 0.3) is 34.2 Å². The molecule has 0 aliphatic rings. The van der Waals surface area contributed by atoms with Gasteiger partial charge in [-0.05, 0) is 18.2 Å². The van der Waals surface area contributed by atoms with Gasteiger partial charge in [-0.2, -0.15) is 0 Å². The number of rotatable bonds is 3. The number of aromatic nitrogens is 3. The summed E-state index contributed by atoms with van der Waals surface area (Å²) in [4.78, 5) is 13.8. The van der Waals surface area contributed by atoms with Crippen LogP contribution in [0.3, 0.4) is 0 Å². The van der Waals surface area contributed by atoms with Gasteiger partial charge in [-0.15, -0.1) is 0 Å². The number of hydrogen-bond donors (Lipinski definition) is 0. The third-order valence-electron chi connectivity index (χ3n) is 3.82. The zero-order valence-electron chi connectivity index (χ0n) is 13.6. The Hall–Kier alpha value is -2.92. The lowest BCUT2D eigenvalue weighted by atomic mass is 10.1. The van der Waals surface area contributed by atoms with Crippen LogP contribution in [0.15, 0.2) is 83.3 Å². The van der Waals surface area contributed by atoms with Crippen LogP contribution in [-0.2, 0) is 0 Å². The van der Waals surface area contributed by atoms with E-state index in [9.17, 15) is 4.39 Å². The van der Waals surface area contributed by atoms with Crippen molar-refractivity contribution in [1.82, 2.24) is 15.0 Å². The molecular weight excluding hydrogens is 393 g/mol. The molecule has 4 rings (SSSR count). The average molecular weight is 406 g/mol. The van der Waals surface area contributed by atoms with Gasteiger partial charge < -0.3 is 0 Å². The summed E-state index contributed by atoms with van der Waals surface area (Å²) in [6.45, 7) is 0. The minimum absolute atomic E-state index is 0.350. The average Bonchev–Trinajstić information content (AvgIpc) is 2.68. The molecule has 0 fully saturated rings. The predicted octanol–water partition coefficient (Wildman–Crippen LogP) is 5.77. The van der Waals surface area contributed by atoms with Gasteiger partial charge in [0.05, 0.1) is 0 Å². The van der Waals surface area contributed by atoms with Crippen molar-refractivity contribution in [2.45, 2.75) is 0 Å². The van der Waals surface area contributed by atoms with Gasteiger partial charge in [-0.3, -0.25) is 0 Å². The lowest BCUT2D eigenvalue weighted by molar-refractivity contribution is 0.627. The summed E-state index contributed by atoms with van der Waals surface area (Å²) in [6, 6.07) is 24.0. The molecule has 0 saturated heterocycles. The van der Waals surface area contributed by atoms with Crippen LogP contribution in [0.1, 0.15) is 0 Å². The zero-order chi connectivity index (χ0) is 17.9. The maximum atomic E-state index is 13.9. The monoisotopic (exact) mass is 405 g/mol. The minimum atomic E-state index is -0.350. The fraction of sp³-hybridized carbons (Fsp3) is 0. The largest absolute Gasteiger partial charge is 0.208 e. The standard InChI is InChI=1S/C21H13BrFN3/c22-17-11-16(12-18(23)13-17)21-25-19(14-7-3-1-4-8-14)24-20(26-21)15-9-5-2-6-10-15/h1-13H. The van der Waals surface area contributed by atoms with Crippen molar-refractivity contribution in [3.05, 3.63) is 89.2 Å². The fourth-order valence-electron chi connectivity index (χ4n) is 2.62. The molecule has 0 atom stereocenters. The van der Waals surface area contributed by atoms with Crippen molar-refractivity contribution in [2.75, 3.05) is 0 Å². The van der Waals surface area contributed by atoms with Crippen LogP contribution in [-0.4, -0.2) is 15.0 Å². The van der Waals surface area contributed by atoms with E-state index in [1.54, 1.807) is 6.07 Å². The molecule has 4 aromatic rings. The number of halogens is 2. The molecule has 0 radical (unpaired) electrons. The van der Waals surface area contributed by atoms with Crippen molar-refractivity contribution in [3.8, 4) is 34.2 Å².